The van der Waals surface area contributed by atoms with E-state index in [9.17, 15) is 9.90 Å². The Kier molecular flexibility index (Phi) is 7.27. The number of pyridine rings is 1. The molecule has 1 aromatic carbocycles. The summed E-state index contributed by atoms with van der Waals surface area (Å²) in [4.78, 5) is 18.0. The summed E-state index contributed by atoms with van der Waals surface area (Å²) in [5, 5.41) is 11.8. The van der Waals surface area contributed by atoms with Crippen molar-refractivity contribution in [3.05, 3.63) is 66.0 Å². The van der Waals surface area contributed by atoms with Gasteiger partial charge in [-0.15, -0.1) is 0 Å². The Balaban J connectivity index is 1.45. The number of piperidine rings is 1. The van der Waals surface area contributed by atoms with Crippen LogP contribution in [0.3, 0.4) is 0 Å². The normalized spacial score (nSPS) is 26.2. The van der Waals surface area contributed by atoms with Gasteiger partial charge in [-0.3, -0.25) is 4.98 Å². The molecule has 2 unspecified atom stereocenters. The number of likely N-dealkylation sites (tertiary alicyclic amines) is 1. The van der Waals surface area contributed by atoms with Crippen LogP contribution < -0.4 is 0 Å². The van der Waals surface area contributed by atoms with Gasteiger partial charge in [0.25, 0.3) is 0 Å². The molecule has 2 aliphatic rings. The molecule has 1 saturated heterocycles. The van der Waals surface area contributed by atoms with E-state index in [1.165, 1.54) is 6.42 Å². The van der Waals surface area contributed by atoms with Gasteiger partial charge in [-0.05, 0) is 37.0 Å². The SMILES string of the molecule is C[N@+]1(CCc2ccccn2)CCCC(OC(=O)C(O)(c2ccccc2)C2CCCCC2)C1. The van der Waals surface area contributed by atoms with Crippen LogP contribution in [0.4, 0.5) is 0 Å². The van der Waals surface area contributed by atoms with Gasteiger partial charge in [-0.1, -0.05) is 55.7 Å². The number of hydrogen-bond donors (Lipinski definition) is 1. The molecule has 1 aliphatic heterocycles. The Morgan fingerprint density at radius 3 is 2.53 bits per heavy atom. The van der Waals surface area contributed by atoms with Crippen molar-refractivity contribution in [2.24, 2.45) is 5.92 Å². The quantitative estimate of drug-likeness (QED) is 0.520. The zero-order valence-corrected chi connectivity index (χ0v) is 19.3. The molecular weight excluding hydrogens is 400 g/mol. The number of quaternary nitrogens is 1. The third-order valence-corrected chi connectivity index (χ3v) is 7.50. The molecule has 1 saturated carbocycles. The molecule has 3 atom stereocenters. The number of benzene rings is 1. The minimum Gasteiger partial charge on any atom is -0.454 e. The van der Waals surface area contributed by atoms with E-state index in [1.54, 1.807) is 0 Å². The summed E-state index contributed by atoms with van der Waals surface area (Å²) in [7, 11) is 2.24. The molecule has 2 aromatic rings. The number of carbonyl (C=O) groups excluding carboxylic acids is 1. The van der Waals surface area contributed by atoms with Crippen molar-refractivity contribution in [2.45, 2.75) is 63.1 Å². The molecule has 5 nitrogen and oxygen atoms in total. The lowest BCUT2D eigenvalue weighted by Crippen LogP contribution is -2.56. The summed E-state index contributed by atoms with van der Waals surface area (Å²) >= 11 is 0. The Morgan fingerprint density at radius 1 is 1.06 bits per heavy atom. The highest BCUT2D eigenvalue weighted by molar-refractivity contribution is 5.81. The maximum atomic E-state index is 13.5. The smallest absolute Gasteiger partial charge is 0.343 e. The van der Waals surface area contributed by atoms with Gasteiger partial charge in [0.2, 0.25) is 0 Å². The molecule has 5 heteroatoms. The van der Waals surface area contributed by atoms with Crippen LogP contribution in [-0.4, -0.2) is 53.3 Å². The number of rotatable bonds is 7. The van der Waals surface area contributed by atoms with Crippen LogP contribution in [0.15, 0.2) is 54.7 Å². The standard InChI is InChI=1S/C27H37N2O3/c1-29(20-17-24-15-8-9-18-28-24)19-10-16-25(21-29)32-26(30)27(31,22-11-4-2-5-12-22)23-13-6-3-7-14-23/h2,4-5,8-9,11-12,15,18,23,25,31H,3,6-7,10,13-14,16-17,19-21H2,1H3/q+1/t25?,27?,29-/m1/s1. The monoisotopic (exact) mass is 437 g/mol. The van der Waals surface area contributed by atoms with Crippen molar-refractivity contribution >= 4 is 5.97 Å². The van der Waals surface area contributed by atoms with Crippen molar-refractivity contribution in [3.8, 4) is 0 Å². The highest BCUT2D eigenvalue weighted by Gasteiger charge is 2.48. The van der Waals surface area contributed by atoms with Crippen molar-refractivity contribution in [1.82, 2.24) is 4.98 Å². The third-order valence-electron chi connectivity index (χ3n) is 7.50. The average Bonchev–Trinajstić information content (AvgIpc) is 2.84. The third kappa shape index (κ3) is 5.21. The zero-order chi connectivity index (χ0) is 22.4. The van der Waals surface area contributed by atoms with Crippen molar-refractivity contribution in [3.63, 3.8) is 0 Å². The van der Waals surface area contributed by atoms with E-state index in [2.05, 4.69) is 18.1 Å². The maximum absolute atomic E-state index is 13.5. The summed E-state index contributed by atoms with van der Waals surface area (Å²) < 4.78 is 6.95. The summed E-state index contributed by atoms with van der Waals surface area (Å²) in [6.45, 7) is 2.83. The number of ether oxygens (including phenoxy) is 1. The summed E-state index contributed by atoms with van der Waals surface area (Å²) in [6, 6.07) is 15.5. The first-order valence-electron chi connectivity index (χ1n) is 12.2. The molecule has 2 heterocycles. The molecule has 0 spiro atoms. The number of carbonyl (C=O) groups is 1. The number of nitrogens with zero attached hydrogens (tertiary/aromatic N) is 2. The first-order chi connectivity index (χ1) is 15.5. The Morgan fingerprint density at radius 2 is 1.81 bits per heavy atom. The minimum absolute atomic E-state index is 0.0835. The summed E-state index contributed by atoms with van der Waals surface area (Å²) in [5.74, 6) is -0.543. The Bertz CT molecular complexity index is 869. The van der Waals surface area contributed by atoms with Gasteiger partial charge in [-0.25, -0.2) is 4.79 Å². The maximum Gasteiger partial charge on any atom is 0.343 e. The van der Waals surface area contributed by atoms with Crippen LogP contribution in [0.1, 0.15) is 56.2 Å². The number of aliphatic hydroxyl groups is 1. The molecule has 1 aliphatic carbocycles. The molecule has 4 rings (SSSR count). The van der Waals surface area contributed by atoms with Gasteiger partial charge in [-0.2, -0.15) is 0 Å². The largest absolute Gasteiger partial charge is 0.454 e. The molecule has 32 heavy (non-hydrogen) atoms. The average molecular weight is 438 g/mol. The van der Waals surface area contributed by atoms with Crippen molar-refractivity contribution in [1.29, 1.82) is 0 Å². The van der Waals surface area contributed by atoms with Crippen LogP contribution in [0.2, 0.25) is 0 Å². The second-order valence-electron chi connectivity index (χ2n) is 9.96. The zero-order valence-electron chi connectivity index (χ0n) is 19.3. The molecule has 0 radical (unpaired) electrons. The van der Waals surface area contributed by atoms with E-state index in [4.69, 9.17) is 4.74 Å². The van der Waals surface area contributed by atoms with E-state index in [0.717, 1.165) is 74.8 Å². The van der Waals surface area contributed by atoms with Crippen LogP contribution >= 0.6 is 0 Å². The number of aromatic nitrogens is 1. The lowest BCUT2D eigenvalue weighted by atomic mass is 9.73. The van der Waals surface area contributed by atoms with Crippen LogP contribution in [0.25, 0.3) is 0 Å². The fraction of sp³-hybridized carbons (Fsp3) is 0.556. The topological polar surface area (TPSA) is 59.4 Å². The van der Waals surface area contributed by atoms with E-state index in [1.807, 2.05) is 48.7 Å². The van der Waals surface area contributed by atoms with E-state index >= 15 is 0 Å². The first kappa shape index (κ1) is 22.9. The van der Waals surface area contributed by atoms with Crippen molar-refractivity contribution in [2.75, 3.05) is 26.7 Å². The molecule has 1 aromatic heterocycles. The molecule has 172 valence electrons. The highest BCUT2D eigenvalue weighted by Crippen LogP contribution is 2.41. The predicted octanol–water partition coefficient (Wildman–Crippen LogP) is 4.24. The second-order valence-corrected chi connectivity index (χ2v) is 9.96. The molecule has 1 N–H and O–H groups in total. The van der Waals surface area contributed by atoms with Crippen LogP contribution in [0, 0.1) is 5.92 Å². The second kappa shape index (κ2) is 10.1. The van der Waals surface area contributed by atoms with E-state index < -0.39 is 11.6 Å². The lowest BCUT2D eigenvalue weighted by molar-refractivity contribution is -0.916. The molecule has 2 fully saturated rings. The molecule has 0 amide bonds. The number of hydrogen-bond acceptors (Lipinski definition) is 4. The molecular formula is C27H37N2O3+. The molecule has 0 bridgehead atoms. The Labute approximate surface area is 192 Å². The summed E-state index contributed by atoms with van der Waals surface area (Å²) in [6.07, 6.45) is 9.47. The van der Waals surface area contributed by atoms with Crippen LogP contribution in [0.5, 0.6) is 0 Å². The number of esters is 1. The number of likely N-dealkylation sites (N-methyl/N-ethyl adjacent to an activating group) is 1. The van der Waals surface area contributed by atoms with Gasteiger partial charge in [0, 0.05) is 30.7 Å². The van der Waals surface area contributed by atoms with Gasteiger partial charge in [0.1, 0.15) is 6.54 Å². The fourth-order valence-corrected chi connectivity index (χ4v) is 5.58. The first-order valence-corrected chi connectivity index (χ1v) is 12.2. The summed E-state index contributed by atoms with van der Waals surface area (Å²) in [5.41, 5.74) is 0.207. The van der Waals surface area contributed by atoms with E-state index in [-0.39, 0.29) is 12.0 Å². The van der Waals surface area contributed by atoms with E-state index in [0.29, 0.717) is 5.56 Å². The van der Waals surface area contributed by atoms with Gasteiger partial charge in [0.15, 0.2) is 11.7 Å². The Hall–Kier alpha value is -2.24. The highest BCUT2D eigenvalue weighted by atomic mass is 16.6. The van der Waals surface area contributed by atoms with Gasteiger partial charge in [0.05, 0.1) is 20.1 Å². The van der Waals surface area contributed by atoms with Crippen molar-refractivity contribution < 1.29 is 19.1 Å². The van der Waals surface area contributed by atoms with Gasteiger partial charge >= 0.3 is 5.97 Å². The lowest BCUT2D eigenvalue weighted by Gasteiger charge is -2.42. The minimum atomic E-state index is -1.56. The fourth-order valence-electron chi connectivity index (χ4n) is 5.58. The van der Waals surface area contributed by atoms with Crippen LogP contribution in [-0.2, 0) is 21.6 Å². The predicted molar refractivity (Wildman–Crippen MR) is 125 cm³/mol. The van der Waals surface area contributed by atoms with Gasteiger partial charge < -0.3 is 14.3 Å².